The van der Waals surface area contributed by atoms with Crippen LogP contribution in [0.15, 0.2) is 57.7 Å². The van der Waals surface area contributed by atoms with Crippen LogP contribution in [0.3, 0.4) is 0 Å². The van der Waals surface area contributed by atoms with Gasteiger partial charge in [0.15, 0.2) is 6.10 Å². The van der Waals surface area contributed by atoms with Crippen LogP contribution in [-0.4, -0.2) is 36.0 Å². The monoisotopic (exact) mass is 434 g/mol. The van der Waals surface area contributed by atoms with Crippen LogP contribution in [0.4, 0.5) is 0 Å². The molecule has 1 aliphatic rings. The number of aryl methyl sites for hydroxylation is 2. The fourth-order valence-corrected chi connectivity index (χ4v) is 4.31. The first-order valence-electron chi connectivity index (χ1n) is 11.2. The minimum atomic E-state index is -0.659. The summed E-state index contributed by atoms with van der Waals surface area (Å²) in [7, 11) is 0. The van der Waals surface area contributed by atoms with E-state index in [9.17, 15) is 9.59 Å². The Morgan fingerprint density at radius 1 is 1.16 bits per heavy atom. The summed E-state index contributed by atoms with van der Waals surface area (Å²) in [6.45, 7) is 8.35. The van der Waals surface area contributed by atoms with E-state index < -0.39 is 11.7 Å². The van der Waals surface area contributed by atoms with Crippen LogP contribution >= 0.6 is 0 Å². The maximum absolute atomic E-state index is 12.8. The third kappa shape index (κ3) is 5.19. The topological polar surface area (TPSA) is 71.8 Å². The Labute approximate surface area is 188 Å². The van der Waals surface area contributed by atoms with E-state index in [4.69, 9.17) is 9.15 Å². The van der Waals surface area contributed by atoms with Gasteiger partial charge in [0.1, 0.15) is 11.3 Å². The molecule has 1 fully saturated rings. The van der Waals surface area contributed by atoms with Crippen molar-refractivity contribution in [2.75, 3.05) is 13.1 Å². The van der Waals surface area contributed by atoms with Crippen molar-refractivity contribution in [2.45, 2.75) is 52.3 Å². The molecule has 1 amide bonds. The molecule has 0 saturated carbocycles. The number of piperidine rings is 1. The van der Waals surface area contributed by atoms with Crippen molar-refractivity contribution < 1.29 is 13.9 Å². The van der Waals surface area contributed by atoms with Gasteiger partial charge in [-0.1, -0.05) is 30.3 Å². The van der Waals surface area contributed by atoms with E-state index in [-0.39, 0.29) is 11.9 Å². The Bertz CT molecular complexity index is 1150. The molecule has 0 spiro atoms. The summed E-state index contributed by atoms with van der Waals surface area (Å²) < 4.78 is 11.4. The van der Waals surface area contributed by atoms with E-state index in [1.165, 1.54) is 11.6 Å². The third-order valence-corrected chi connectivity index (χ3v) is 6.01. The summed E-state index contributed by atoms with van der Waals surface area (Å²) in [6, 6.07) is 15.7. The number of fused-ring (bicyclic) bond motifs is 1. The Morgan fingerprint density at radius 2 is 1.88 bits per heavy atom. The predicted octanol–water partition coefficient (Wildman–Crippen LogP) is 3.96. The molecular weight excluding hydrogens is 404 g/mol. The number of nitrogens with one attached hydrogen (secondary N) is 1. The molecule has 3 aromatic rings. The van der Waals surface area contributed by atoms with Crippen molar-refractivity contribution in [3.8, 4) is 5.75 Å². The van der Waals surface area contributed by atoms with Gasteiger partial charge in [0, 0.05) is 31.7 Å². The number of hydrogen-bond donors (Lipinski definition) is 1. The zero-order valence-corrected chi connectivity index (χ0v) is 18.9. The average molecular weight is 435 g/mol. The molecule has 0 bridgehead atoms. The average Bonchev–Trinajstić information content (AvgIpc) is 2.75. The van der Waals surface area contributed by atoms with Crippen LogP contribution in [0.25, 0.3) is 11.0 Å². The molecule has 32 heavy (non-hydrogen) atoms. The lowest BCUT2D eigenvalue weighted by atomic mass is 10.0. The van der Waals surface area contributed by atoms with Gasteiger partial charge in [0.25, 0.3) is 5.91 Å². The highest BCUT2D eigenvalue weighted by molar-refractivity contribution is 5.88. The lowest BCUT2D eigenvalue weighted by Crippen LogP contribution is -2.47. The lowest BCUT2D eigenvalue weighted by Gasteiger charge is -2.33. The van der Waals surface area contributed by atoms with Gasteiger partial charge in [-0.2, -0.15) is 0 Å². The summed E-state index contributed by atoms with van der Waals surface area (Å²) in [5, 5.41) is 3.87. The number of carbonyl (C=O) groups excluding carboxylic acids is 1. The number of nitrogens with zero attached hydrogens (tertiary/aromatic N) is 1. The molecule has 1 aliphatic heterocycles. The fourth-order valence-electron chi connectivity index (χ4n) is 4.31. The first-order valence-corrected chi connectivity index (χ1v) is 11.2. The van der Waals surface area contributed by atoms with Gasteiger partial charge in [-0.25, -0.2) is 4.79 Å². The molecule has 168 valence electrons. The normalized spacial score (nSPS) is 16.1. The van der Waals surface area contributed by atoms with E-state index >= 15 is 0 Å². The minimum Gasteiger partial charge on any atom is -0.480 e. The Hall–Kier alpha value is -3.12. The molecule has 0 radical (unpaired) electrons. The highest BCUT2D eigenvalue weighted by Crippen LogP contribution is 2.30. The van der Waals surface area contributed by atoms with E-state index in [0.717, 1.165) is 49.0 Å². The molecule has 6 nitrogen and oxygen atoms in total. The van der Waals surface area contributed by atoms with Crippen LogP contribution in [0.5, 0.6) is 5.75 Å². The molecule has 2 aromatic carbocycles. The smallest absolute Gasteiger partial charge is 0.336 e. The van der Waals surface area contributed by atoms with Crippen molar-refractivity contribution in [2.24, 2.45) is 0 Å². The van der Waals surface area contributed by atoms with Crippen LogP contribution in [0, 0.1) is 13.8 Å². The van der Waals surface area contributed by atoms with E-state index in [1.54, 1.807) is 6.92 Å². The molecule has 1 atom stereocenters. The van der Waals surface area contributed by atoms with Crippen molar-refractivity contribution in [3.05, 3.63) is 75.6 Å². The van der Waals surface area contributed by atoms with Gasteiger partial charge in [0.2, 0.25) is 0 Å². The maximum atomic E-state index is 12.8. The van der Waals surface area contributed by atoms with Gasteiger partial charge in [-0.3, -0.25) is 9.69 Å². The molecule has 6 heteroatoms. The molecular formula is C26H30N2O4. The molecule has 1 saturated heterocycles. The zero-order valence-electron chi connectivity index (χ0n) is 18.9. The quantitative estimate of drug-likeness (QED) is 0.595. The second-order valence-electron chi connectivity index (χ2n) is 8.69. The summed E-state index contributed by atoms with van der Waals surface area (Å²) in [4.78, 5) is 27.0. The predicted molar refractivity (Wildman–Crippen MR) is 125 cm³/mol. The summed E-state index contributed by atoms with van der Waals surface area (Å²) in [6.07, 6.45) is 1.18. The number of hydrogen-bond acceptors (Lipinski definition) is 5. The summed E-state index contributed by atoms with van der Waals surface area (Å²) in [5.74, 6) is 0.429. The highest BCUT2D eigenvalue weighted by atomic mass is 16.5. The second kappa shape index (κ2) is 9.57. The zero-order chi connectivity index (χ0) is 22.7. The minimum absolute atomic E-state index is 0.129. The van der Waals surface area contributed by atoms with E-state index in [0.29, 0.717) is 11.3 Å². The largest absolute Gasteiger partial charge is 0.480 e. The van der Waals surface area contributed by atoms with Gasteiger partial charge in [0.05, 0.1) is 5.39 Å². The van der Waals surface area contributed by atoms with Crippen LogP contribution in [0.1, 0.15) is 36.5 Å². The third-order valence-electron chi connectivity index (χ3n) is 6.01. The molecule has 1 N–H and O–H groups in total. The number of carbonyl (C=O) groups is 1. The Kier molecular flexibility index (Phi) is 6.61. The first-order chi connectivity index (χ1) is 15.4. The summed E-state index contributed by atoms with van der Waals surface area (Å²) in [5.41, 5.74) is 3.07. The van der Waals surface area contributed by atoms with Gasteiger partial charge < -0.3 is 14.5 Å². The maximum Gasteiger partial charge on any atom is 0.336 e. The van der Waals surface area contributed by atoms with Crippen LogP contribution in [-0.2, 0) is 11.3 Å². The number of amides is 1. The van der Waals surface area contributed by atoms with Crippen LogP contribution < -0.4 is 15.7 Å². The fraction of sp³-hybridized carbons (Fsp3) is 0.385. The Balaban J connectivity index is 1.36. The molecule has 0 unspecified atom stereocenters. The number of likely N-dealkylation sites (tertiary alicyclic amines) is 1. The first kappa shape index (κ1) is 22.1. The van der Waals surface area contributed by atoms with E-state index in [2.05, 4.69) is 34.5 Å². The van der Waals surface area contributed by atoms with E-state index in [1.807, 2.05) is 32.0 Å². The molecule has 0 aliphatic carbocycles. The van der Waals surface area contributed by atoms with Gasteiger partial charge in [-0.05, 0) is 62.4 Å². The second-order valence-corrected chi connectivity index (χ2v) is 8.69. The number of rotatable bonds is 6. The molecule has 4 rings (SSSR count). The van der Waals surface area contributed by atoms with Crippen molar-refractivity contribution in [1.29, 1.82) is 0 Å². The van der Waals surface area contributed by atoms with Crippen LogP contribution in [0.2, 0.25) is 0 Å². The summed E-state index contributed by atoms with van der Waals surface area (Å²) >= 11 is 0. The standard InChI is InChI=1S/C26H30N2O4/c1-17-13-22(25-18(2)15-24(29)32-23(25)14-17)31-19(3)26(30)27-21-9-11-28(12-10-21)16-20-7-5-4-6-8-20/h4-8,13-15,19,21H,9-12,16H2,1-3H3,(H,27,30)/t19-/m0/s1. The van der Waals surface area contributed by atoms with Crippen molar-refractivity contribution in [1.82, 2.24) is 10.2 Å². The van der Waals surface area contributed by atoms with Gasteiger partial charge >= 0.3 is 5.63 Å². The van der Waals surface area contributed by atoms with Crippen molar-refractivity contribution in [3.63, 3.8) is 0 Å². The highest BCUT2D eigenvalue weighted by Gasteiger charge is 2.24. The molecule has 2 heterocycles. The number of benzene rings is 2. The van der Waals surface area contributed by atoms with Gasteiger partial charge in [-0.15, -0.1) is 0 Å². The lowest BCUT2D eigenvalue weighted by molar-refractivity contribution is -0.128. The van der Waals surface area contributed by atoms with Crippen molar-refractivity contribution >= 4 is 16.9 Å². The SMILES string of the molecule is Cc1cc(O[C@@H](C)C(=O)NC2CCN(Cc3ccccc3)CC2)c2c(C)cc(=O)oc2c1. The molecule has 1 aromatic heterocycles. The Morgan fingerprint density at radius 3 is 2.59 bits per heavy atom. The number of ether oxygens (including phenoxy) is 1.